The van der Waals surface area contributed by atoms with Gasteiger partial charge in [0.05, 0.1) is 12.7 Å². The number of aromatic nitrogens is 3. The van der Waals surface area contributed by atoms with Gasteiger partial charge in [-0.2, -0.15) is 0 Å². The Bertz CT molecular complexity index is 399. The van der Waals surface area contributed by atoms with Crippen LogP contribution in [0.3, 0.4) is 0 Å². The Labute approximate surface area is 106 Å². The van der Waals surface area contributed by atoms with Crippen molar-refractivity contribution in [2.75, 3.05) is 6.54 Å². The van der Waals surface area contributed by atoms with Gasteiger partial charge >= 0.3 is 5.97 Å². The highest BCUT2D eigenvalue weighted by molar-refractivity contribution is 5.84. The van der Waals surface area contributed by atoms with Gasteiger partial charge in [0.2, 0.25) is 0 Å². The summed E-state index contributed by atoms with van der Waals surface area (Å²) < 4.78 is 1.57. The van der Waals surface area contributed by atoms with E-state index in [1.165, 1.54) is 31.9 Å². The highest BCUT2D eigenvalue weighted by Gasteiger charge is 2.20. The first-order valence-corrected chi connectivity index (χ1v) is 6.53. The SMILES string of the molecule is C[C@H](NCCn1cc(C(=O)O)nn1)C1CCCC1. The van der Waals surface area contributed by atoms with Crippen LogP contribution in [0.5, 0.6) is 0 Å². The summed E-state index contributed by atoms with van der Waals surface area (Å²) in [6.07, 6.45) is 6.80. The quantitative estimate of drug-likeness (QED) is 0.793. The van der Waals surface area contributed by atoms with Crippen LogP contribution in [0.2, 0.25) is 0 Å². The van der Waals surface area contributed by atoms with Crippen molar-refractivity contribution in [3.63, 3.8) is 0 Å². The minimum absolute atomic E-state index is 0.00107. The van der Waals surface area contributed by atoms with Crippen LogP contribution in [0.4, 0.5) is 0 Å². The molecule has 0 amide bonds. The van der Waals surface area contributed by atoms with Gasteiger partial charge in [-0.25, -0.2) is 4.79 Å². The molecule has 1 heterocycles. The predicted octanol–water partition coefficient (Wildman–Crippen LogP) is 1.14. The number of rotatable bonds is 6. The molecular weight excluding hydrogens is 232 g/mol. The fraction of sp³-hybridized carbons (Fsp3) is 0.750. The van der Waals surface area contributed by atoms with E-state index in [9.17, 15) is 4.79 Å². The highest BCUT2D eigenvalue weighted by atomic mass is 16.4. The Hall–Kier alpha value is -1.43. The summed E-state index contributed by atoms with van der Waals surface area (Å²) in [4.78, 5) is 10.6. The summed E-state index contributed by atoms with van der Waals surface area (Å²) in [5.41, 5.74) is -0.00107. The van der Waals surface area contributed by atoms with E-state index >= 15 is 0 Å². The van der Waals surface area contributed by atoms with Crippen LogP contribution < -0.4 is 5.32 Å². The smallest absolute Gasteiger partial charge is 0.358 e. The van der Waals surface area contributed by atoms with Crippen molar-refractivity contribution in [1.29, 1.82) is 0 Å². The normalized spacial score (nSPS) is 18.1. The molecule has 6 heteroatoms. The average Bonchev–Trinajstić information content (AvgIpc) is 3.00. The molecule has 0 aromatic carbocycles. The van der Waals surface area contributed by atoms with E-state index in [0.717, 1.165) is 12.5 Å². The average molecular weight is 252 g/mol. The van der Waals surface area contributed by atoms with Crippen molar-refractivity contribution in [1.82, 2.24) is 20.3 Å². The molecule has 0 unspecified atom stereocenters. The summed E-state index contributed by atoms with van der Waals surface area (Å²) >= 11 is 0. The molecule has 100 valence electrons. The Morgan fingerprint density at radius 2 is 2.33 bits per heavy atom. The molecule has 1 aliphatic carbocycles. The summed E-state index contributed by atoms with van der Waals surface area (Å²) in [6, 6.07) is 0.523. The van der Waals surface area contributed by atoms with E-state index in [1.807, 2.05) is 0 Å². The lowest BCUT2D eigenvalue weighted by Gasteiger charge is -2.20. The molecular formula is C12H20N4O2. The molecule has 0 spiro atoms. The maximum atomic E-state index is 10.6. The Balaban J connectivity index is 1.72. The van der Waals surface area contributed by atoms with Crippen molar-refractivity contribution < 1.29 is 9.90 Å². The van der Waals surface area contributed by atoms with Crippen LogP contribution in [0.25, 0.3) is 0 Å². The van der Waals surface area contributed by atoms with Crippen molar-refractivity contribution >= 4 is 5.97 Å². The zero-order valence-corrected chi connectivity index (χ0v) is 10.7. The molecule has 1 saturated carbocycles. The lowest BCUT2D eigenvalue weighted by Crippen LogP contribution is -2.34. The van der Waals surface area contributed by atoms with Crippen molar-refractivity contribution in [2.24, 2.45) is 5.92 Å². The molecule has 2 N–H and O–H groups in total. The molecule has 0 saturated heterocycles. The molecule has 0 bridgehead atoms. The third-order valence-electron chi connectivity index (χ3n) is 3.67. The number of hydrogen-bond acceptors (Lipinski definition) is 4. The second-order valence-electron chi connectivity index (χ2n) is 4.96. The predicted molar refractivity (Wildman–Crippen MR) is 66.4 cm³/mol. The number of carboxylic acid groups (broad SMARTS) is 1. The molecule has 2 rings (SSSR count). The van der Waals surface area contributed by atoms with E-state index in [2.05, 4.69) is 22.6 Å². The molecule has 1 atom stereocenters. The topological polar surface area (TPSA) is 80.0 Å². The van der Waals surface area contributed by atoms with Crippen molar-refractivity contribution in [3.8, 4) is 0 Å². The molecule has 1 aromatic rings. The number of nitrogens with zero attached hydrogens (tertiary/aromatic N) is 3. The molecule has 0 radical (unpaired) electrons. The lowest BCUT2D eigenvalue weighted by atomic mass is 10.00. The fourth-order valence-corrected chi connectivity index (χ4v) is 2.54. The van der Waals surface area contributed by atoms with E-state index in [0.29, 0.717) is 12.6 Å². The molecule has 1 aromatic heterocycles. The fourth-order valence-electron chi connectivity index (χ4n) is 2.54. The first kappa shape index (κ1) is 13.0. The Kier molecular flexibility index (Phi) is 4.30. The van der Waals surface area contributed by atoms with Gasteiger partial charge in [0.1, 0.15) is 0 Å². The lowest BCUT2D eigenvalue weighted by molar-refractivity contribution is 0.0690. The summed E-state index contributed by atoms with van der Waals surface area (Å²) in [7, 11) is 0. The number of carbonyl (C=O) groups is 1. The standard InChI is InChI=1S/C12H20N4O2/c1-9(10-4-2-3-5-10)13-6-7-16-8-11(12(17)18)14-15-16/h8-10,13H,2-7H2,1H3,(H,17,18)/t9-/m0/s1. The number of nitrogens with one attached hydrogen (secondary N) is 1. The molecule has 1 fully saturated rings. The molecule has 6 nitrogen and oxygen atoms in total. The van der Waals surface area contributed by atoms with Crippen molar-refractivity contribution in [3.05, 3.63) is 11.9 Å². The maximum absolute atomic E-state index is 10.6. The van der Waals surface area contributed by atoms with Crippen LogP contribution in [0, 0.1) is 5.92 Å². The third kappa shape index (κ3) is 3.29. The monoisotopic (exact) mass is 252 g/mol. The number of hydrogen-bond donors (Lipinski definition) is 2. The van der Waals surface area contributed by atoms with Crippen LogP contribution in [0.15, 0.2) is 6.20 Å². The van der Waals surface area contributed by atoms with E-state index in [-0.39, 0.29) is 5.69 Å². The molecule has 18 heavy (non-hydrogen) atoms. The summed E-state index contributed by atoms with van der Waals surface area (Å²) in [5, 5.41) is 19.6. The van der Waals surface area contributed by atoms with Gasteiger partial charge in [-0.05, 0) is 25.7 Å². The van der Waals surface area contributed by atoms with Crippen molar-refractivity contribution in [2.45, 2.75) is 45.2 Å². The second-order valence-corrected chi connectivity index (χ2v) is 4.96. The van der Waals surface area contributed by atoms with Gasteiger partial charge in [-0.3, -0.25) is 4.68 Å². The van der Waals surface area contributed by atoms with Crippen LogP contribution in [0.1, 0.15) is 43.1 Å². The van der Waals surface area contributed by atoms with Gasteiger partial charge < -0.3 is 10.4 Å². The minimum atomic E-state index is -1.03. The van der Waals surface area contributed by atoms with E-state index < -0.39 is 5.97 Å². The molecule has 0 aliphatic heterocycles. The van der Waals surface area contributed by atoms with Crippen LogP contribution in [-0.4, -0.2) is 38.7 Å². The third-order valence-corrected chi connectivity index (χ3v) is 3.67. The zero-order valence-electron chi connectivity index (χ0n) is 10.7. The first-order valence-electron chi connectivity index (χ1n) is 6.53. The van der Waals surface area contributed by atoms with E-state index in [4.69, 9.17) is 5.11 Å². The Morgan fingerprint density at radius 3 is 2.94 bits per heavy atom. The van der Waals surface area contributed by atoms with Gasteiger partial charge in [0.15, 0.2) is 5.69 Å². The number of aromatic carboxylic acids is 1. The molecule has 1 aliphatic rings. The minimum Gasteiger partial charge on any atom is -0.476 e. The zero-order chi connectivity index (χ0) is 13.0. The summed E-state index contributed by atoms with van der Waals surface area (Å²) in [5.74, 6) is -0.246. The van der Waals surface area contributed by atoms with Crippen LogP contribution in [-0.2, 0) is 6.54 Å². The number of carboxylic acids is 1. The van der Waals surface area contributed by atoms with Gasteiger partial charge in [0, 0.05) is 12.6 Å². The maximum Gasteiger partial charge on any atom is 0.358 e. The van der Waals surface area contributed by atoms with Gasteiger partial charge in [0.25, 0.3) is 0 Å². The van der Waals surface area contributed by atoms with Gasteiger partial charge in [-0.15, -0.1) is 5.10 Å². The van der Waals surface area contributed by atoms with Crippen LogP contribution >= 0.6 is 0 Å². The second kappa shape index (κ2) is 5.95. The van der Waals surface area contributed by atoms with E-state index in [1.54, 1.807) is 4.68 Å². The first-order chi connectivity index (χ1) is 8.66. The highest BCUT2D eigenvalue weighted by Crippen LogP contribution is 2.27. The van der Waals surface area contributed by atoms with Gasteiger partial charge in [-0.1, -0.05) is 18.1 Å². The summed E-state index contributed by atoms with van der Waals surface area (Å²) in [6.45, 7) is 3.66. The Morgan fingerprint density at radius 1 is 1.61 bits per heavy atom. The largest absolute Gasteiger partial charge is 0.476 e.